The van der Waals surface area contributed by atoms with Crippen molar-refractivity contribution in [2.45, 2.75) is 31.7 Å². The second-order valence-corrected chi connectivity index (χ2v) is 6.81. The zero-order valence-electron chi connectivity index (χ0n) is 12.4. The van der Waals surface area contributed by atoms with E-state index in [0.717, 1.165) is 49.6 Å². The van der Waals surface area contributed by atoms with Crippen LogP contribution in [0, 0.1) is 11.8 Å². The first-order chi connectivity index (χ1) is 10.3. The lowest BCUT2D eigenvalue weighted by molar-refractivity contribution is 0.0496. The maximum atomic E-state index is 12.4. The van der Waals surface area contributed by atoms with E-state index in [-0.39, 0.29) is 5.91 Å². The van der Waals surface area contributed by atoms with Gasteiger partial charge in [0.15, 0.2) is 0 Å². The van der Waals surface area contributed by atoms with E-state index >= 15 is 0 Å². The first-order valence-corrected chi connectivity index (χ1v) is 8.24. The highest BCUT2D eigenvalue weighted by atomic mass is 16.2. The van der Waals surface area contributed by atoms with Crippen molar-refractivity contribution in [1.29, 1.82) is 0 Å². The van der Waals surface area contributed by atoms with Gasteiger partial charge in [-0.05, 0) is 43.2 Å². The van der Waals surface area contributed by atoms with Gasteiger partial charge in [-0.25, -0.2) is 0 Å². The van der Waals surface area contributed by atoms with E-state index in [9.17, 15) is 4.79 Å². The van der Waals surface area contributed by atoms with Crippen molar-refractivity contribution in [2.24, 2.45) is 11.8 Å². The maximum absolute atomic E-state index is 12.4. The number of rotatable bonds is 2. The number of nitrogens with zero attached hydrogens (tertiary/aromatic N) is 3. The lowest BCUT2D eigenvalue weighted by Gasteiger charge is -2.41. The van der Waals surface area contributed by atoms with Crippen LogP contribution in [0.15, 0.2) is 24.5 Å². The van der Waals surface area contributed by atoms with Crippen LogP contribution in [-0.2, 0) is 0 Å². The third kappa shape index (κ3) is 2.46. The fourth-order valence-corrected chi connectivity index (χ4v) is 4.59. The lowest BCUT2D eigenvalue weighted by Crippen LogP contribution is -2.53. The molecule has 1 aromatic rings. The van der Waals surface area contributed by atoms with Crippen molar-refractivity contribution in [2.75, 3.05) is 26.2 Å². The molecule has 21 heavy (non-hydrogen) atoms. The first-order valence-electron chi connectivity index (χ1n) is 8.24. The number of pyridine rings is 1. The molecule has 4 rings (SSSR count). The van der Waals surface area contributed by atoms with Crippen LogP contribution in [0.3, 0.4) is 0 Å². The van der Waals surface area contributed by atoms with Crippen LogP contribution < -0.4 is 0 Å². The lowest BCUT2D eigenvalue weighted by atomic mass is 9.93. The van der Waals surface area contributed by atoms with Gasteiger partial charge in [0.25, 0.3) is 5.91 Å². The summed E-state index contributed by atoms with van der Waals surface area (Å²) in [6.07, 6.45) is 9.15. The average Bonchev–Trinajstić information content (AvgIpc) is 3.18. The van der Waals surface area contributed by atoms with Gasteiger partial charge in [0.05, 0.1) is 0 Å². The topological polar surface area (TPSA) is 36.4 Å². The SMILES string of the molecule is O=C(c1ccncc1)N1CCN([C@@H]2C[C@@H]3CC[C@@H]2C3)CC1. The number of piperazine rings is 1. The molecule has 3 fully saturated rings. The highest BCUT2D eigenvalue weighted by Crippen LogP contribution is 2.46. The predicted molar refractivity (Wildman–Crippen MR) is 80.9 cm³/mol. The van der Waals surface area contributed by atoms with E-state index in [1.54, 1.807) is 12.4 Å². The minimum atomic E-state index is 0.157. The Hall–Kier alpha value is -1.42. The Labute approximate surface area is 126 Å². The van der Waals surface area contributed by atoms with Crippen LogP contribution in [-0.4, -0.2) is 52.9 Å². The van der Waals surface area contributed by atoms with Gasteiger partial charge in [-0.2, -0.15) is 0 Å². The molecule has 1 aromatic heterocycles. The second kappa shape index (κ2) is 5.41. The molecule has 3 atom stereocenters. The van der Waals surface area contributed by atoms with Gasteiger partial charge >= 0.3 is 0 Å². The third-order valence-electron chi connectivity index (χ3n) is 5.70. The van der Waals surface area contributed by atoms with E-state index in [2.05, 4.69) is 9.88 Å². The van der Waals surface area contributed by atoms with E-state index in [4.69, 9.17) is 0 Å². The van der Waals surface area contributed by atoms with E-state index in [1.165, 1.54) is 25.7 Å². The molecule has 1 aliphatic heterocycles. The van der Waals surface area contributed by atoms with Crippen molar-refractivity contribution in [3.05, 3.63) is 30.1 Å². The maximum Gasteiger partial charge on any atom is 0.254 e. The Morgan fingerprint density at radius 2 is 1.81 bits per heavy atom. The summed E-state index contributed by atoms with van der Waals surface area (Å²) in [5.41, 5.74) is 0.762. The van der Waals surface area contributed by atoms with Crippen LogP contribution in [0.2, 0.25) is 0 Å². The molecule has 0 N–H and O–H groups in total. The Morgan fingerprint density at radius 3 is 2.43 bits per heavy atom. The molecule has 1 saturated heterocycles. The molecule has 0 unspecified atom stereocenters. The molecule has 0 spiro atoms. The van der Waals surface area contributed by atoms with Gasteiger partial charge in [0.2, 0.25) is 0 Å². The van der Waals surface area contributed by atoms with Gasteiger partial charge in [0, 0.05) is 50.2 Å². The van der Waals surface area contributed by atoms with Crippen molar-refractivity contribution in [1.82, 2.24) is 14.8 Å². The highest BCUT2D eigenvalue weighted by molar-refractivity contribution is 5.94. The fraction of sp³-hybridized carbons (Fsp3) is 0.647. The molecular formula is C17H23N3O. The highest BCUT2D eigenvalue weighted by Gasteiger charge is 2.42. The zero-order valence-corrected chi connectivity index (χ0v) is 12.4. The summed E-state index contributed by atoms with van der Waals surface area (Å²) in [6.45, 7) is 3.83. The minimum absolute atomic E-state index is 0.157. The molecule has 1 amide bonds. The monoisotopic (exact) mass is 285 g/mol. The van der Waals surface area contributed by atoms with Gasteiger partial charge in [0.1, 0.15) is 0 Å². The van der Waals surface area contributed by atoms with Crippen molar-refractivity contribution < 1.29 is 4.79 Å². The predicted octanol–water partition coefficient (Wildman–Crippen LogP) is 2.03. The Balaban J connectivity index is 1.36. The summed E-state index contributed by atoms with van der Waals surface area (Å²) in [5, 5.41) is 0. The number of amides is 1. The largest absolute Gasteiger partial charge is 0.336 e. The molecule has 4 heteroatoms. The zero-order chi connectivity index (χ0) is 14.2. The fourth-order valence-electron chi connectivity index (χ4n) is 4.59. The number of aromatic nitrogens is 1. The molecule has 0 radical (unpaired) electrons. The summed E-state index contributed by atoms with van der Waals surface area (Å²) in [5.74, 6) is 2.10. The van der Waals surface area contributed by atoms with Gasteiger partial charge in [-0.1, -0.05) is 6.42 Å². The molecule has 4 nitrogen and oxygen atoms in total. The Morgan fingerprint density at radius 1 is 1.05 bits per heavy atom. The van der Waals surface area contributed by atoms with E-state index < -0.39 is 0 Å². The number of hydrogen-bond acceptors (Lipinski definition) is 3. The standard InChI is InChI=1S/C17H23N3O/c21-17(14-3-5-18-6-4-14)20-9-7-19(8-10-20)16-12-13-1-2-15(16)11-13/h3-6,13,15-16H,1-2,7-12H2/t13-,15-,16-/m1/s1. The smallest absolute Gasteiger partial charge is 0.254 e. The summed E-state index contributed by atoms with van der Waals surface area (Å²) >= 11 is 0. The van der Waals surface area contributed by atoms with Crippen molar-refractivity contribution in [3.8, 4) is 0 Å². The average molecular weight is 285 g/mol. The van der Waals surface area contributed by atoms with Gasteiger partial charge in [-0.15, -0.1) is 0 Å². The molecule has 3 aliphatic rings. The van der Waals surface area contributed by atoms with Crippen LogP contribution in [0.25, 0.3) is 0 Å². The van der Waals surface area contributed by atoms with Gasteiger partial charge in [-0.3, -0.25) is 14.7 Å². The third-order valence-corrected chi connectivity index (χ3v) is 5.70. The number of carbonyl (C=O) groups excluding carboxylic acids is 1. The molecule has 0 aromatic carbocycles. The molecule has 2 saturated carbocycles. The van der Waals surface area contributed by atoms with Crippen LogP contribution in [0.4, 0.5) is 0 Å². The molecular weight excluding hydrogens is 262 g/mol. The van der Waals surface area contributed by atoms with Crippen LogP contribution in [0.5, 0.6) is 0 Å². The van der Waals surface area contributed by atoms with E-state index in [1.807, 2.05) is 17.0 Å². The summed E-state index contributed by atoms with van der Waals surface area (Å²) in [6, 6.07) is 4.43. The van der Waals surface area contributed by atoms with Crippen molar-refractivity contribution in [3.63, 3.8) is 0 Å². The Kier molecular flexibility index (Phi) is 3.42. The first kappa shape index (κ1) is 13.3. The molecule has 2 heterocycles. The van der Waals surface area contributed by atoms with E-state index in [0.29, 0.717) is 0 Å². The summed E-state index contributed by atoms with van der Waals surface area (Å²) < 4.78 is 0. The van der Waals surface area contributed by atoms with Gasteiger partial charge < -0.3 is 4.90 Å². The normalized spacial score (nSPS) is 32.6. The Bertz CT molecular complexity index is 510. The quantitative estimate of drug-likeness (QED) is 0.834. The number of fused-ring (bicyclic) bond motifs is 2. The number of carbonyl (C=O) groups is 1. The molecule has 2 aliphatic carbocycles. The minimum Gasteiger partial charge on any atom is -0.336 e. The van der Waals surface area contributed by atoms with Crippen molar-refractivity contribution >= 4 is 5.91 Å². The molecule has 2 bridgehead atoms. The van der Waals surface area contributed by atoms with Crippen LogP contribution in [0.1, 0.15) is 36.0 Å². The number of hydrogen-bond donors (Lipinski definition) is 0. The van der Waals surface area contributed by atoms with Crippen LogP contribution >= 0.6 is 0 Å². The summed E-state index contributed by atoms with van der Waals surface area (Å²) in [7, 11) is 0. The molecule has 112 valence electrons. The second-order valence-electron chi connectivity index (χ2n) is 6.81. The summed E-state index contributed by atoms with van der Waals surface area (Å²) in [4.78, 5) is 21.1.